The van der Waals surface area contributed by atoms with Gasteiger partial charge in [0.15, 0.2) is 0 Å². The molecular weight excluding hydrogens is 268 g/mol. The summed E-state index contributed by atoms with van der Waals surface area (Å²) in [6, 6.07) is -0.0684. The van der Waals surface area contributed by atoms with Crippen molar-refractivity contribution in [3.63, 3.8) is 0 Å². The molecule has 1 amide bonds. The maximum Gasteiger partial charge on any atom is 0.287 e. The number of nitrogens with two attached hydrogens (primary N) is 1. The van der Waals surface area contributed by atoms with E-state index < -0.39 is 11.3 Å². The second-order valence-corrected chi connectivity index (χ2v) is 5.70. The molecule has 0 fully saturated rings. The van der Waals surface area contributed by atoms with Crippen LogP contribution in [0, 0.1) is 5.41 Å². The van der Waals surface area contributed by atoms with Crippen LogP contribution in [0.4, 0.5) is 5.69 Å². The summed E-state index contributed by atoms with van der Waals surface area (Å²) in [6.45, 7) is 7.37. The van der Waals surface area contributed by atoms with Gasteiger partial charge in [0.1, 0.15) is 5.02 Å². The van der Waals surface area contributed by atoms with Crippen molar-refractivity contribution in [2.45, 2.75) is 33.7 Å². The summed E-state index contributed by atoms with van der Waals surface area (Å²) >= 11 is 6.00. The van der Waals surface area contributed by atoms with Gasteiger partial charge in [0.05, 0.1) is 23.3 Å². The van der Waals surface area contributed by atoms with Crippen LogP contribution in [0.25, 0.3) is 0 Å². The minimum Gasteiger partial charge on any atom is -0.381 e. The van der Waals surface area contributed by atoms with E-state index in [2.05, 4.69) is 10.4 Å². The first kappa shape index (κ1) is 15.5. The first-order valence-corrected chi connectivity index (χ1v) is 6.35. The molecule has 106 valence electrons. The summed E-state index contributed by atoms with van der Waals surface area (Å²) in [5.74, 6) is -0.431. The van der Waals surface area contributed by atoms with Crippen LogP contribution >= 0.6 is 11.6 Å². The molecule has 19 heavy (non-hydrogen) atoms. The fourth-order valence-electron chi connectivity index (χ4n) is 1.34. The number of primary amides is 1. The van der Waals surface area contributed by atoms with Crippen molar-refractivity contribution >= 4 is 23.2 Å². The molecule has 3 N–H and O–H groups in total. The average molecular weight is 287 g/mol. The van der Waals surface area contributed by atoms with Crippen LogP contribution in [0.2, 0.25) is 5.02 Å². The Morgan fingerprint density at radius 1 is 1.58 bits per heavy atom. The van der Waals surface area contributed by atoms with Crippen LogP contribution in [0.3, 0.4) is 0 Å². The van der Waals surface area contributed by atoms with Gasteiger partial charge >= 0.3 is 0 Å². The average Bonchev–Trinajstić information content (AvgIpc) is 2.30. The minimum atomic E-state index is -0.740. The number of carbonyl (C=O) groups is 1. The molecule has 0 radical (unpaired) electrons. The second-order valence-electron chi connectivity index (χ2n) is 5.32. The number of nitrogens with zero attached hydrogens (tertiary/aromatic N) is 2. The van der Waals surface area contributed by atoms with Crippen LogP contribution in [-0.2, 0) is 4.79 Å². The van der Waals surface area contributed by atoms with Gasteiger partial charge in [-0.2, -0.15) is 5.10 Å². The number of nitrogens with one attached hydrogen (secondary N) is 1. The van der Waals surface area contributed by atoms with E-state index in [1.807, 2.05) is 13.8 Å². The van der Waals surface area contributed by atoms with E-state index in [4.69, 9.17) is 17.3 Å². The molecule has 0 bridgehead atoms. The number of rotatable bonds is 5. The molecule has 6 nitrogen and oxygen atoms in total. The predicted octanol–water partition coefficient (Wildman–Crippen LogP) is 1.40. The molecular formula is C12H19ClN4O2. The van der Waals surface area contributed by atoms with E-state index in [9.17, 15) is 9.59 Å². The first-order chi connectivity index (χ1) is 8.66. The molecule has 1 aromatic rings. The Hall–Kier alpha value is -1.56. The highest BCUT2D eigenvalue weighted by atomic mass is 35.5. The molecule has 1 rings (SSSR count). The van der Waals surface area contributed by atoms with Gasteiger partial charge in [-0.05, 0) is 27.7 Å². The van der Waals surface area contributed by atoms with E-state index in [1.54, 1.807) is 13.8 Å². The van der Waals surface area contributed by atoms with Gasteiger partial charge in [0.2, 0.25) is 5.91 Å². The lowest BCUT2D eigenvalue weighted by Gasteiger charge is -2.22. The third-order valence-corrected chi connectivity index (χ3v) is 3.19. The number of aromatic nitrogens is 2. The SMILES string of the molecule is CC(C)n1ncc(NCC(C)(C)C(N)=O)c(Cl)c1=O. The third-order valence-electron chi connectivity index (χ3n) is 2.82. The van der Waals surface area contributed by atoms with Crippen molar-refractivity contribution in [1.29, 1.82) is 0 Å². The fraction of sp³-hybridized carbons (Fsp3) is 0.583. The van der Waals surface area contributed by atoms with Gasteiger partial charge in [0.25, 0.3) is 5.56 Å². The van der Waals surface area contributed by atoms with Gasteiger partial charge < -0.3 is 11.1 Å². The van der Waals surface area contributed by atoms with Crippen molar-refractivity contribution < 1.29 is 4.79 Å². The van der Waals surface area contributed by atoms with Gasteiger partial charge in [-0.15, -0.1) is 0 Å². The summed E-state index contributed by atoms with van der Waals surface area (Å²) in [5.41, 5.74) is 4.57. The lowest BCUT2D eigenvalue weighted by molar-refractivity contribution is -0.125. The molecule has 0 aliphatic heterocycles. The fourth-order valence-corrected chi connectivity index (χ4v) is 1.54. The van der Waals surface area contributed by atoms with E-state index in [-0.39, 0.29) is 23.2 Å². The second kappa shape index (κ2) is 5.61. The highest BCUT2D eigenvalue weighted by Gasteiger charge is 2.25. The largest absolute Gasteiger partial charge is 0.381 e. The molecule has 0 spiro atoms. The maximum absolute atomic E-state index is 11.9. The molecule has 0 aliphatic carbocycles. The van der Waals surface area contributed by atoms with Crippen LogP contribution in [0.5, 0.6) is 0 Å². The van der Waals surface area contributed by atoms with E-state index >= 15 is 0 Å². The van der Waals surface area contributed by atoms with Gasteiger partial charge in [-0.1, -0.05) is 11.6 Å². The Kier molecular flexibility index (Phi) is 4.57. The molecule has 0 saturated heterocycles. The van der Waals surface area contributed by atoms with Gasteiger partial charge in [-0.25, -0.2) is 4.68 Å². The van der Waals surface area contributed by atoms with Crippen molar-refractivity contribution in [3.05, 3.63) is 21.6 Å². The molecule has 0 unspecified atom stereocenters. The molecule has 0 aliphatic rings. The molecule has 1 aromatic heterocycles. The topological polar surface area (TPSA) is 90.0 Å². The number of anilines is 1. The number of hydrogen-bond acceptors (Lipinski definition) is 4. The normalized spacial score (nSPS) is 11.7. The van der Waals surface area contributed by atoms with Crippen molar-refractivity contribution in [1.82, 2.24) is 9.78 Å². The van der Waals surface area contributed by atoms with Crippen molar-refractivity contribution in [2.24, 2.45) is 11.1 Å². The molecule has 1 heterocycles. The predicted molar refractivity (Wildman–Crippen MR) is 75.4 cm³/mol. The highest BCUT2D eigenvalue weighted by molar-refractivity contribution is 6.32. The Morgan fingerprint density at radius 2 is 2.16 bits per heavy atom. The Morgan fingerprint density at radius 3 is 2.63 bits per heavy atom. The zero-order valence-electron chi connectivity index (χ0n) is 11.5. The summed E-state index contributed by atoms with van der Waals surface area (Å²) in [4.78, 5) is 23.1. The van der Waals surface area contributed by atoms with Gasteiger partial charge in [-0.3, -0.25) is 9.59 Å². The summed E-state index contributed by atoms with van der Waals surface area (Å²) in [6.07, 6.45) is 1.47. The van der Waals surface area contributed by atoms with E-state index in [0.717, 1.165) is 0 Å². The number of carbonyl (C=O) groups excluding carboxylic acids is 1. The third kappa shape index (κ3) is 3.47. The van der Waals surface area contributed by atoms with Crippen molar-refractivity contribution in [2.75, 3.05) is 11.9 Å². The zero-order valence-corrected chi connectivity index (χ0v) is 12.3. The van der Waals surface area contributed by atoms with E-state index in [0.29, 0.717) is 5.69 Å². The van der Waals surface area contributed by atoms with E-state index in [1.165, 1.54) is 10.9 Å². The van der Waals surface area contributed by atoms with Crippen molar-refractivity contribution in [3.8, 4) is 0 Å². The summed E-state index contributed by atoms with van der Waals surface area (Å²) in [5, 5.41) is 7.02. The molecule has 0 aromatic carbocycles. The molecule has 0 saturated carbocycles. The summed E-state index contributed by atoms with van der Waals surface area (Å²) in [7, 11) is 0. The molecule has 0 atom stereocenters. The standard InChI is InChI=1S/C12H19ClN4O2/c1-7(2)17-10(18)9(13)8(5-16-17)15-6-12(3,4)11(14)19/h5,7,15H,6H2,1-4H3,(H2,14,19). The lowest BCUT2D eigenvalue weighted by Crippen LogP contribution is -2.37. The number of hydrogen-bond donors (Lipinski definition) is 2. The first-order valence-electron chi connectivity index (χ1n) is 5.98. The Bertz CT molecular complexity index is 537. The summed E-state index contributed by atoms with van der Waals surface area (Å²) < 4.78 is 1.30. The smallest absolute Gasteiger partial charge is 0.287 e. The molecule has 7 heteroatoms. The van der Waals surface area contributed by atoms with Crippen LogP contribution in [-0.4, -0.2) is 22.2 Å². The van der Waals surface area contributed by atoms with Crippen LogP contribution in [0.15, 0.2) is 11.0 Å². The quantitative estimate of drug-likeness (QED) is 0.856. The minimum absolute atomic E-state index is 0.0592. The van der Waals surface area contributed by atoms with Gasteiger partial charge in [0, 0.05) is 6.54 Å². The highest BCUT2D eigenvalue weighted by Crippen LogP contribution is 2.20. The number of halogens is 1. The Balaban J connectivity index is 2.96. The number of amides is 1. The Labute approximate surface area is 116 Å². The zero-order chi connectivity index (χ0) is 14.8. The van der Waals surface area contributed by atoms with Crippen LogP contribution in [0.1, 0.15) is 33.7 Å². The van der Waals surface area contributed by atoms with Crippen LogP contribution < -0.4 is 16.6 Å². The monoisotopic (exact) mass is 286 g/mol. The lowest BCUT2D eigenvalue weighted by atomic mass is 9.93. The maximum atomic E-state index is 11.9.